The molecule has 11 nitrogen and oxygen atoms in total. The van der Waals surface area contributed by atoms with Crippen LogP contribution in [0.25, 0.3) is 10.4 Å². The number of hydrogen-bond donors (Lipinski definition) is 1. The molecule has 0 aromatic heterocycles. The van der Waals surface area contributed by atoms with Gasteiger partial charge in [0.05, 0.1) is 46.1 Å². The second-order valence-electron chi connectivity index (χ2n) is 8.32. The fourth-order valence-corrected chi connectivity index (χ4v) is 3.17. The summed E-state index contributed by atoms with van der Waals surface area (Å²) >= 11 is 0. The van der Waals surface area contributed by atoms with Gasteiger partial charge >= 0.3 is 12.1 Å². The van der Waals surface area contributed by atoms with E-state index in [0.29, 0.717) is 39.6 Å². The maximum absolute atomic E-state index is 12.7. The van der Waals surface area contributed by atoms with Crippen LogP contribution in [0.3, 0.4) is 0 Å². The maximum Gasteiger partial charge on any atom is 0.410 e. The van der Waals surface area contributed by atoms with Gasteiger partial charge in [-0.3, -0.25) is 4.79 Å². The van der Waals surface area contributed by atoms with Crippen molar-refractivity contribution in [2.45, 2.75) is 70.6 Å². The van der Waals surface area contributed by atoms with E-state index in [0.717, 1.165) is 25.7 Å². The van der Waals surface area contributed by atoms with E-state index in [1.165, 1.54) is 0 Å². The van der Waals surface area contributed by atoms with Crippen LogP contribution in [0.4, 0.5) is 4.79 Å². The second-order valence-corrected chi connectivity index (χ2v) is 8.32. The molecule has 11 heteroatoms. The molecule has 1 amide bonds. The summed E-state index contributed by atoms with van der Waals surface area (Å²) < 4.78 is 21.7. The first-order valence-corrected chi connectivity index (χ1v) is 10.7. The molecule has 1 saturated carbocycles. The molecule has 1 fully saturated rings. The third-order valence-electron chi connectivity index (χ3n) is 4.63. The summed E-state index contributed by atoms with van der Waals surface area (Å²) in [4.78, 5) is 27.6. The van der Waals surface area contributed by atoms with E-state index in [4.69, 9.17) is 29.6 Å². The van der Waals surface area contributed by atoms with E-state index in [9.17, 15) is 9.59 Å². The van der Waals surface area contributed by atoms with E-state index in [-0.39, 0.29) is 31.2 Å². The van der Waals surface area contributed by atoms with Crippen molar-refractivity contribution in [3.63, 3.8) is 0 Å². The fourth-order valence-electron chi connectivity index (χ4n) is 3.17. The quantitative estimate of drug-likeness (QED) is 0.187. The number of rotatable bonds is 14. The average molecular weight is 445 g/mol. The molecule has 1 aliphatic rings. The first-order valence-electron chi connectivity index (χ1n) is 10.7. The zero-order valence-electron chi connectivity index (χ0n) is 18.8. The molecule has 0 atom stereocenters. The van der Waals surface area contributed by atoms with E-state index >= 15 is 0 Å². The molecule has 0 spiro atoms. The number of amides is 1. The number of carbonyl (C=O) groups is 2. The summed E-state index contributed by atoms with van der Waals surface area (Å²) in [7, 11) is 0. The lowest BCUT2D eigenvalue weighted by Crippen LogP contribution is -2.46. The highest BCUT2D eigenvalue weighted by atomic mass is 16.6. The third kappa shape index (κ3) is 13.1. The highest BCUT2D eigenvalue weighted by Crippen LogP contribution is 2.26. The van der Waals surface area contributed by atoms with Crippen LogP contribution in [-0.4, -0.2) is 85.9 Å². The zero-order valence-corrected chi connectivity index (χ0v) is 18.8. The Balaban J connectivity index is 2.31. The molecule has 0 unspecified atom stereocenters. The molecule has 0 aromatic rings. The van der Waals surface area contributed by atoms with Gasteiger partial charge in [-0.15, -0.1) is 0 Å². The van der Waals surface area contributed by atoms with Crippen LogP contribution in [0.2, 0.25) is 0 Å². The number of carboxylic acid groups (broad SMARTS) is 1. The summed E-state index contributed by atoms with van der Waals surface area (Å²) in [6.45, 7) is 7.88. The van der Waals surface area contributed by atoms with Gasteiger partial charge in [0.2, 0.25) is 0 Å². The van der Waals surface area contributed by atoms with Gasteiger partial charge in [0.15, 0.2) is 0 Å². The van der Waals surface area contributed by atoms with Crippen molar-refractivity contribution >= 4 is 12.1 Å². The summed E-state index contributed by atoms with van der Waals surface area (Å²) in [6, 6.07) is 0.0195. The van der Waals surface area contributed by atoms with E-state index in [2.05, 4.69) is 10.0 Å². The van der Waals surface area contributed by atoms with Crippen molar-refractivity contribution in [3.05, 3.63) is 10.4 Å². The number of aliphatic carboxylic acids is 1. The minimum absolute atomic E-state index is 0.0109. The predicted octanol–water partition coefficient (Wildman–Crippen LogP) is 3.37. The number of nitrogens with zero attached hydrogens (tertiary/aromatic N) is 4. The molecule has 178 valence electrons. The monoisotopic (exact) mass is 444 g/mol. The largest absolute Gasteiger partial charge is 0.481 e. The molecular weight excluding hydrogens is 408 g/mol. The Bertz CT molecular complexity index is 583. The standard InChI is InChI=1S/C20H36N4O7/c1-20(2,3)31-19(27)24(17-6-4-16(5-7-17)22-23-21)9-11-29-13-15-30-14-12-28-10-8-18(25)26/h16-17H,4-15H2,1-3H3,(H,25,26). The lowest BCUT2D eigenvalue weighted by atomic mass is 9.91. The highest BCUT2D eigenvalue weighted by molar-refractivity contribution is 5.68. The first-order chi connectivity index (χ1) is 14.7. The van der Waals surface area contributed by atoms with Gasteiger partial charge in [-0.1, -0.05) is 5.11 Å². The Hall–Kier alpha value is -2.07. The van der Waals surface area contributed by atoms with Gasteiger partial charge in [0.1, 0.15) is 5.60 Å². The molecule has 0 aromatic carbocycles. The predicted molar refractivity (Wildman–Crippen MR) is 113 cm³/mol. The Morgan fingerprint density at radius 1 is 1.00 bits per heavy atom. The highest BCUT2D eigenvalue weighted by Gasteiger charge is 2.31. The lowest BCUT2D eigenvalue weighted by molar-refractivity contribution is -0.138. The van der Waals surface area contributed by atoms with E-state index < -0.39 is 11.6 Å². The summed E-state index contributed by atoms with van der Waals surface area (Å²) in [6.07, 6.45) is 2.62. The topological polar surface area (TPSA) is 143 Å². The molecule has 1 rings (SSSR count). The van der Waals surface area contributed by atoms with Gasteiger partial charge in [0.25, 0.3) is 0 Å². The molecule has 31 heavy (non-hydrogen) atoms. The summed E-state index contributed by atoms with van der Waals surface area (Å²) in [5.41, 5.74) is 8.02. The Morgan fingerprint density at radius 3 is 2.06 bits per heavy atom. The summed E-state index contributed by atoms with van der Waals surface area (Å²) in [5.74, 6) is -0.890. The van der Waals surface area contributed by atoms with Crippen molar-refractivity contribution in [1.29, 1.82) is 0 Å². The van der Waals surface area contributed by atoms with Crippen molar-refractivity contribution in [3.8, 4) is 0 Å². The molecule has 1 aliphatic carbocycles. The Labute approximate surface area is 183 Å². The molecule has 0 heterocycles. The van der Waals surface area contributed by atoms with Crippen LogP contribution in [0, 0.1) is 0 Å². The fraction of sp³-hybridized carbons (Fsp3) is 0.900. The normalized spacial score (nSPS) is 18.8. The van der Waals surface area contributed by atoms with Crippen molar-refractivity contribution < 1.29 is 33.6 Å². The van der Waals surface area contributed by atoms with Gasteiger partial charge in [0, 0.05) is 23.5 Å². The number of carbonyl (C=O) groups excluding carboxylic acids is 1. The van der Waals surface area contributed by atoms with Crippen molar-refractivity contribution in [2.24, 2.45) is 5.11 Å². The lowest BCUT2D eigenvalue weighted by Gasteiger charge is -2.36. The van der Waals surface area contributed by atoms with Crippen LogP contribution in [0.1, 0.15) is 52.9 Å². The third-order valence-corrected chi connectivity index (χ3v) is 4.63. The van der Waals surface area contributed by atoms with Gasteiger partial charge < -0.3 is 29.0 Å². The summed E-state index contributed by atoms with van der Waals surface area (Å²) in [5, 5.41) is 12.3. The van der Waals surface area contributed by atoms with Crippen molar-refractivity contribution in [2.75, 3.05) is 46.2 Å². The van der Waals surface area contributed by atoms with Crippen LogP contribution < -0.4 is 0 Å². The number of hydrogen-bond acceptors (Lipinski definition) is 7. The van der Waals surface area contributed by atoms with Crippen LogP contribution in [0.5, 0.6) is 0 Å². The Morgan fingerprint density at radius 2 is 1.55 bits per heavy atom. The first kappa shape index (κ1) is 27.0. The Kier molecular flexibility index (Phi) is 12.9. The number of ether oxygens (including phenoxy) is 4. The number of azide groups is 1. The molecular formula is C20H36N4O7. The average Bonchev–Trinajstić information content (AvgIpc) is 2.68. The minimum atomic E-state index is -0.890. The van der Waals surface area contributed by atoms with E-state index in [1.54, 1.807) is 4.90 Å². The molecule has 0 aliphatic heterocycles. The van der Waals surface area contributed by atoms with Crippen LogP contribution >= 0.6 is 0 Å². The molecule has 0 radical (unpaired) electrons. The smallest absolute Gasteiger partial charge is 0.410 e. The van der Waals surface area contributed by atoms with Gasteiger partial charge in [-0.2, -0.15) is 0 Å². The minimum Gasteiger partial charge on any atom is -0.481 e. The van der Waals surface area contributed by atoms with Crippen molar-refractivity contribution in [1.82, 2.24) is 4.90 Å². The second kappa shape index (κ2) is 14.9. The van der Waals surface area contributed by atoms with E-state index in [1.807, 2.05) is 20.8 Å². The zero-order chi connectivity index (χ0) is 23.1. The molecule has 0 bridgehead atoms. The SMILES string of the molecule is CC(C)(C)OC(=O)N(CCOCCOCCOCCC(=O)O)C1CCC(N=[N+]=[N-])CC1. The number of carboxylic acids is 1. The molecule has 1 N–H and O–H groups in total. The van der Waals surface area contributed by atoms with Gasteiger partial charge in [-0.25, -0.2) is 4.79 Å². The van der Waals surface area contributed by atoms with Crippen LogP contribution in [-0.2, 0) is 23.7 Å². The maximum atomic E-state index is 12.7. The molecule has 0 saturated heterocycles. The van der Waals surface area contributed by atoms with Crippen LogP contribution in [0.15, 0.2) is 5.11 Å². The van der Waals surface area contributed by atoms with Gasteiger partial charge in [-0.05, 0) is 52.0 Å².